The second kappa shape index (κ2) is 5.61. The van der Waals surface area contributed by atoms with E-state index in [4.69, 9.17) is 5.11 Å². The number of aliphatic hydroxyl groups excluding tert-OH is 1. The van der Waals surface area contributed by atoms with Gasteiger partial charge in [-0.05, 0) is 38.8 Å². The molecule has 0 aromatic heterocycles. The summed E-state index contributed by atoms with van der Waals surface area (Å²) in [6.45, 7) is 10.7. The van der Waals surface area contributed by atoms with Crippen LogP contribution in [0.1, 0.15) is 40.5 Å². The van der Waals surface area contributed by atoms with Gasteiger partial charge >= 0.3 is 0 Å². The van der Waals surface area contributed by atoms with E-state index in [2.05, 4.69) is 32.7 Å². The molecule has 0 aromatic rings. The van der Waals surface area contributed by atoms with Gasteiger partial charge in [0.15, 0.2) is 0 Å². The van der Waals surface area contributed by atoms with E-state index in [0.29, 0.717) is 5.41 Å². The highest BCUT2D eigenvalue weighted by molar-refractivity contribution is 4.64. The van der Waals surface area contributed by atoms with Gasteiger partial charge in [-0.2, -0.15) is 0 Å². The quantitative estimate of drug-likeness (QED) is 0.712. The fraction of sp³-hybridized carbons (Fsp3) is 1.00. The van der Waals surface area contributed by atoms with E-state index < -0.39 is 0 Å². The van der Waals surface area contributed by atoms with Crippen molar-refractivity contribution in [3.8, 4) is 0 Å². The molecule has 13 heavy (non-hydrogen) atoms. The molecule has 0 aliphatic rings. The SMILES string of the molecule is CC(O)CCN(C)CCC(C)(C)C. The second-order valence-electron chi connectivity index (χ2n) is 5.25. The molecule has 0 radical (unpaired) electrons. The van der Waals surface area contributed by atoms with Crippen molar-refractivity contribution in [2.45, 2.75) is 46.6 Å². The van der Waals surface area contributed by atoms with Crippen molar-refractivity contribution in [1.29, 1.82) is 0 Å². The van der Waals surface area contributed by atoms with E-state index in [1.54, 1.807) is 0 Å². The van der Waals surface area contributed by atoms with E-state index >= 15 is 0 Å². The Kier molecular flexibility index (Phi) is 5.57. The minimum atomic E-state index is -0.169. The van der Waals surface area contributed by atoms with E-state index in [0.717, 1.165) is 19.5 Å². The lowest BCUT2D eigenvalue weighted by Gasteiger charge is -2.23. The fourth-order valence-electron chi connectivity index (χ4n) is 1.05. The molecule has 0 fully saturated rings. The topological polar surface area (TPSA) is 23.5 Å². The average molecular weight is 187 g/mol. The highest BCUT2D eigenvalue weighted by atomic mass is 16.3. The molecule has 0 aliphatic heterocycles. The van der Waals surface area contributed by atoms with Crippen molar-refractivity contribution in [3.63, 3.8) is 0 Å². The number of rotatable bonds is 5. The van der Waals surface area contributed by atoms with Gasteiger partial charge in [-0.15, -0.1) is 0 Å². The second-order valence-corrected chi connectivity index (χ2v) is 5.25. The van der Waals surface area contributed by atoms with Crippen molar-refractivity contribution in [2.75, 3.05) is 20.1 Å². The predicted molar refractivity (Wildman–Crippen MR) is 57.9 cm³/mol. The summed E-state index contributed by atoms with van der Waals surface area (Å²) in [4.78, 5) is 2.29. The molecule has 80 valence electrons. The van der Waals surface area contributed by atoms with E-state index in [9.17, 15) is 0 Å². The van der Waals surface area contributed by atoms with E-state index in [-0.39, 0.29) is 6.10 Å². The summed E-state index contributed by atoms with van der Waals surface area (Å²) in [7, 11) is 2.12. The number of nitrogens with zero attached hydrogens (tertiary/aromatic N) is 1. The van der Waals surface area contributed by atoms with E-state index in [1.807, 2.05) is 6.92 Å². The highest BCUT2D eigenvalue weighted by Gasteiger charge is 2.11. The van der Waals surface area contributed by atoms with Crippen LogP contribution in [0.2, 0.25) is 0 Å². The molecule has 2 nitrogen and oxygen atoms in total. The van der Waals surface area contributed by atoms with Gasteiger partial charge < -0.3 is 10.0 Å². The van der Waals surface area contributed by atoms with Crippen LogP contribution in [0.15, 0.2) is 0 Å². The molecule has 0 aromatic carbocycles. The van der Waals surface area contributed by atoms with E-state index in [1.165, 1.54) is 6.42 Å². The van der Waals surface area contributed by atoms with Gasteiger partial charge in [0, 0.05) is 6.54 Å². The van der Waals surface area contributed by atoms with Crippen LogP contribution in [0.3, 0.4) is 0 Å². The first kappa shape index (κ1) is 12.9. The maximum absolute atomic E-state index is 9.10. The van der Waals surface area contributed by atoms with Crippen LogP contribution >= 0.6 is 0 Å². The minimum absolute atomic E-state index is 0.169. The van der Waals surface area contributed by atoms with Crippen LogP contribution in [-0.4, -0.2) is 36.2 Å². The van der Waals surface area contributed by atoms with Crippen molar-refractivity contribution in [1.82, 2.24) is 4.90 Å². The minimum Gasteiger partial charge on any atom is -0.393 e. The first-order valence-corrected chi connectivity index (χ1v) is 5.18. The standard InChI is InChI=1S/C11H25NO/c1-10(13)6-8-12(5)9-7-11(2,3)4/h10,13H,6-9H2,1-5H3. The van der Waals surface area contributed by atoms with Crippen LogP contribution in [-0.2, 0) is 0 Å². The summed E-state index contributed by atoms with van der Waals surface area (Å²) in [5, 5.41) is 9.10. The van der Waals surface area contributed by atoms with Crippen molar-refractivity contribution < 1.29 is 5.11 Å². The monoisotopic (exact) mass is 187 g/mol. The normalized spacial score (nSPS) is 15.0. The van der Waals surface area contributed by atoms with Crippen LogP contribution < -0.4 is 0 Å². The van der Waals surface area contributed by atoms with Crippen LogP contribution in [0.5, 0.6) is 0 Å². The molecule has 1 unspecified atom stereocenters. The third kappa shape index (κ3) is 9.84. The lowest BCUT2D eigenvalue weighted by atomic mass is 9.92. The molecule has 0 heterocycles. The zero-order valence-electron chi connectivity index (χ0n) is 9.80. The molecule has 1 atom stereocenters. The predicted octanol–water partition coefficient (Wildman–Crippen LogP) is 2.13. The first-order valence-electron chi connectivity index (χ1n) is 5.18. The molecule has 0 aliphatic carbocycles. The molecule has 0 bridgehead atoms. The Morgan fingerprint density at radius 3 is 2.15 bits per heavy atom. The molecule has 2 heteroatoms. The molecule has 0 rings (SSSR count). The van der Waals surface area contributed by atoms with Gasteiger partial charge in [0.05, 0.1) is 6.10 Å². The summed E-state index contributed by atoms with van der Waals surface area (Å²) < 4.78 is 0. The van der Waals surface area contributed by atoms with Crippen molar-refractivity contribution >= 4 is 0 Å². The number of aliphatic hydroxyl groups is 1. The van der Waals surface area contributed by atoms with Crippen molar-refractivity contribution in [3.05, 3.63) is 0 Å². The maximum Gasteiger partial charge on any atom is 0.0524 e. The molecular weight excluding hydrogens is 162 g/mol. The Hall–Kier alpha value is -0.0800. The largest absolute Gasteiger partial charge is 0.393 e. The summed E-state index contributed by atoms with van der Waals surface area (Å²) in [6.07, 6.45) is 1.92. The van der Waals surface area contributed by atoms with Gasteiger partial charge in [0.1, 0.15) is 0 Å². The molecule has 0 saturated carbocycles. The fourth-order valence-corrected chi connectivity index (χ4v) is 1.05. The molecule has 0 saturated heterocycles. The Balaban J connectivity index is 3.46. The lowest BCUT2D eigenvalue weighted by molar-refractivity contribution is 0.160. The zero-order chi connectivity index (χ0) is 10.5. The van der Waals surface area contributed by atoms with Gasteiger partial charge in [-0.3, -0.25) is 0 Å². The third-order valence-corrected chi connectivity index (χ3v) is 2.17. The zero-order valence-corrected chi connectivity index (χ0v) is 9.80. The highest BCUT2D eigenvalue weighted by Crippen LogP contribution is 2.18. The summed E-state index contributed by atoms with van der Waals surface area (Å²) in [6, 6.07) is 0. The third-order valence-electron chi connectivity index (χ3n) is 2.17. The molecule has 1 N–H and O–H groups in total. The van der Waals surface area contributed by atoms with Gasteiger partial charge in [0.2, 0.25) is 0 Å². The number of hydrogen-bond donors (Lipinski definition) is 1. The smallest absolute Gasteiger partial charge is 0.0524 e. The average Bonchev–Trinajstić information content (AvgIpc) is 1.95. The Bertz CT molecular complexity index is 127. The number of hydrogen-bond acceptors (Lipinski definition) is 2. The Morgan fingerprint density at radius 2 is 1.77 bits per heavy atom. The Labute approximate surface area is 82.9 Å². The first-order chi connectivity index (χ1) is 5.81. The van der Waals surface area contributed by atoms with Crippen LogP contribution in [0.4, 0.5) is 0 Å². The lowest BCUT2D eigenvalue weighted by Crippen LogP contribution is -2.26. The van der Waals surface area contributed by atoms with Crippen LogP contribution in [0, 0.1) is 5.41 Å². The summed E-state index contributed by atoms with van der Waals surface area (Å²) in [5.41, 5.74) is 0.416. The van der Waals surface area contributed by atoms with Gasteiger partial charge in [-0.25, -0.2) is 0 Å². The van der Waals surface area contributed by atoms with Crippen molar-refractivity contribution in [2.24, 2.45) is 5.41 Å². The summed E-state index contributed by atoms with van der Waals surface area (Å²) >= 11 is 0. The van der Waals surface area contributed by atoms with Gasteiger partial charge in [0.25, 0.3) is 0 Å². The molecule has 0 spiro atoms. The Morgan fingerprint density at radius 1 is 1.23 bits per heavy atom. The maximum atomic E-state index is 9.10. The molecular formula is C11H25NO. The molecule has 0 amide bonds. The van der Waals surface area contributed by atoms with Gasteiger partial charge in [-0.1, -0.05) is 20.8 Å². The van der Waals surface area contributed by atoms with Crippen LogP contribution in [0.25, 0.3) is 0 Å². The summed E-state index contributed by atoms with van der Waals surface area (Å²) in [5.74, 6) is 0.